The summed E-state index contributed by atoms with van der Waals surface area (Å²) in [6.45, 7) is 1.96. The Morgan fingerprint density at radius 1 is 1.46 bits per heavy atom. The van der Waals surface area contributed by atoms with Crippen LogP contribution >= 0.6 is 15.9 Å². The Balaban J connectivity index is 2.49. The van der Waals surface area contributed by atoms with Crippen molar-refractivity contribution in [1.29, 1.82) is 0 Å². The summed E-state index contributed by atoms with van der Waals surface area (Å²) in [7, 11) is 0. The van der Waals surface area contributed by atoms with Gasteiger partial charge in [-0.05, 0) is 30.7 Å². The number of hydrogen-bond acceptors (Lipinski definition) is 1. The number of anilines is 1. The Morgan fingerprint density at radius 3 is 3.00 bits per heavy atom. The van der Waals surface area contributed by atoms with Gasteiger partial charge >= 0.3 is 6.03 Å². The number of fused-ring (bicyclic) bond motifs is 1. The molecule has 1 aliphatic rings. The van der Waals surface area contributed by atoms with E-state index in [1.807, 2.05) is 25.1 Å². The zero-order valence-electron chi connectivity index (χ0n) is 7.10. The first-order valence-electron chi connectivity index (χ1n) is 4.04. The van der Waals surface area contributed by atoms with Crippen LogP contribution in [0.5, 0.6) is 0 Å². The Kier molecular flexibility index (Phi) is 2.00. The second-order valence-electron chi connectivity index (χ2n) is 3.05. The SMILES string of the molecule is C[C@@H]1NC(=O)Nc2ccc(Br)cc21. The van der Waals surface area contributed by atoms with Gasteiger partial charge in [0, 0.05) is 10.2 Å². The molecule has 2 rings (SSSR count). The molecule has 2 N–H and O–H groups in total. The highest BCUT2D eigenvalue weighted by molar-refractivity contribution is 9.10. The van der Waals surface area contributed by atoms with Crippen LogP contribution < -0.4 is 10.6 Å². The summed E-state index contributed by atoms with van der Waals surface area (Å²) in [4.78, 5) is 11.1. The van der Waals surface area contributed by atoms with Gasteiger partial charge < -0.3 is 10.6 Å². The van der Waals surface area contributed by atoms with E-state index in [0.717, 1.165) is 15.7 Å². The molecule has 2 amide bonds. The zero-order valence-corrected chi connectivity index (χ0v) is 8.68. The predicted octanol–water partition coefficient (Wildman–Crippen LogP) is 2.65. The van der Waals surface area contributed by atoms with Crippen LogP contribution in [-0.2, 0) is 0 Å². The van der Waals surface area contributed by atoms with Gasteiger partial charge in [0.05, 0.1) is 6.04 Å². The lowest BCUT2D eigenvalue weighted by atomic mass is 10.0. The number of carbonyl (C=O) groups is 1. The van der Waals surface area contributed by atoms with Gasteiger partial charge in [-0.15, -0.1) is 0 Å². The standard InChI is InChI=1S/C9H9BrN2O/c1-5-7-4-6(10)2-3-8(7)12-9(13)11-5/h2-5H,1H3,(H2,11,12,13)/t5-/m0/s1. The number of hydrogen-bond donors (Lipinski definition) is 2. The van der Waals surface area contributed by atoms with Gasteiger partial charge in [-0.3, -0.25) is 0 Å². The molecule has 0 bridgehead atoms. The number of amides is 2. The van der Waals surface area contributed by atoms with Crippen LogP contribution in [-0.4, -0.2) is 6.03 Å². The second kappa shape index (κ2) is 3.03. The largest absolute Gasteiger partial charge is 0.331 e. The van der Waals surface area contributed by atoms with Crippen LogP contribution in [0.2, 0.25) is 0 Å². The van der Waals surface area contributed by atoms with Gasteiger partial charge in [-0.2, -0.15) is 0 Å². The van der Waals surface area contributed by atoms with E-state index in [-0.39, 0.29) is 12.1 Å². The minimum absolute atomic E-state index is 0.0706. The summed E-state index contributed by atoms with van der Waals surface area (Å²) in [5.74, 6) is 0. The highest BCUT2D eigenvalue weighted by Gasteiger charge is 2.19. The molecular weight excluding hydrogens is 232 g/mol. The number of nitrogens with one attached hydrogen (secondary N) is 2. The third-order valence-electron chi connectivity index (χ3n) is 2.08. The average Bonchev–Trinajstić information content (AvgIpc) is 2.06. The lowest BCUT2D eigenvalue weighted by Crippen LogP contribution is -2.36. The molecule has 1 heterocycles. The van der Waals surface area contributed by atoms with Crippen molar-refractivity contribution in [1.82, 2.24) is 5.32 Å². The molecule has 1 aromatic rings. The maximum absolute atomic E-state index is 11.1. The molecule has 1 aliphatic heterocycles. The monoisotopic (exact) mass is 240 g/mol. The first kappa shape index (κ1) is 8.56. The smallest absolute Gasteiger partial charge is 0.319 e. The van der Waals surface area contributed by atoms with Gasteiger partial charge in [0.2, 0.25) is 0 Å². The fraction of sp³-hybridized carbons (Fsp3) is 0.222. The fourth-order valence-electron chi connectivity index (χ4n) is 1.44. The lowest BCUT2D eigenvalue weighted by Gasteiger charge is -2.24. The normalized spacial score (nSPS) is 20.2. The van der Waals surface area contributed by atoms with E-state index in [2.05, 4.69) is 26.6 Å². The molecule has 4 heteroatoms. The summed E-state index contributed by atoms with van der Waals surface area (Å²) in [5.41, 5.74) is 1.99. The topological polar surface area (TPSA) is 41.1 Å². The van der Waals surface area contributed by atoms with Crippen molar-refractivity contribution in [2.24, 2.45) is 0 Å². The van der Waals surface area contributed by atoms with Crippen LogP contribution in [0, 0.1) is 0 Å². The summed E-state index contributed by atoms with van der Waals surface area (Å²) >= 11 is 3.39. The molecule has 0 saturated carbocycles. The molecular formula is C9H9BrN2O. The van der Waals surface area contributed by atoms with Gasteiger partial charge in [0.25, 0.3) is 0 Å². The van der Waals surface area contributed by atoms with Crippen LogP contribution in [0.3, 0.4) is 0 Å². The molecule has 0 aromatic heterocycles. The third-order valence-corrected chi connectivity index (χ3v) is 2.57. The van der Waals surface area contributed by atoms with E-state index in [1.54, 1.807) is 0 Å². The van der Waals surface area contributed by atoms with E-state index in [9.17, 15) is 4.79 Å². The first-order valence-corrected chi connectivity index (χ1v) is 4.83. The summed E-state index contributed by atoms with van der Waals surface area (Å²) < 4.78 is 1.02. The molecule has 0 fully saturated rings. The lowest BCUT2D eigenvalue weighted by molar-refractivity contribution is 0.248. The maximum Gasteiger partial charge on any atom is 0.319 e. The minimum atomic E-state index is -0.137. The molecule has 1 atom stereocenters. The molecule has 0 radical (unpaired) electrons. The van der Waals surface area contributed by atoms with Crippen LogP contribution in [0.15, 0.2) is 22.7 Å². The predicted molar refractivity (Wildman–Crippen MR) is 54.7 cm³/mol. The van der Waals surface area contributed by atoms with Gasteiger partial charge in [0.15, 0.2) is 0 Å². The Bertz CT molecular complexity index is 365. The van der Waals surface area contributed by atoms with Crippen molar-refractivity contribution >= 4 is 27.6 Å². The molecule has 0 saturated heterocycles. The zero-order chi connectivity index (χ0) is 9.42. The van der Waals surface area contributed by atoms with Crippen LogP contribution in [0.1, 0.15) is 18.5 Å². The van der Waals surface area contributed by atoms with Gasteiger partial charge in [0.1, 0.15) is 0 Å². The highest BCUT2D eigenvalue weighted by atomic mass is 79.9. The number of benzene rings is 1. The Labute approximate surface area is 84.6 Å². The van der Waals surface area contributed by atoms with E-state index in [4.69, 9.17) is 0 Å². The minimum Gasteiger partial charge on any atom is -0.331 e. The molecule has 13 heavy (non-hydrogen) atoms. The van der Waals surface area contributed by atoms with E-state index in [0.29, 0.717) is 0 Å². The maximum atomic E-state index is 11.1. The number of rotatable bonds is 0. The molecule has 0 aliphatic carbocycles. The van der Waals surface area contributed by atoms with Crippen molar-refractivity contribution in [2.75, 3.05) is 5.32 Å². The van der Waals surface area contributed by atoms with Crippen molar-refractivity contribution < 1.29 is 4.79 Å². The van der Waals surface area contributed by atoms with Gasteiger partial charge in [-0.1, -0.05) is 15.9 Å². The summed E-state index contributed by atoms with van der Waals surface area (Å²) in [6, 6.07) is 5.75. The molecule has 0 unspecified atom stereocenters. The quantitative estimate of drug-likeness (QED) is 0.720. The van der Waals surface area contributed by atoms with Crippen molar-refractivity contribution in [2.45, 2.75) is 13.0 Å². The van der Waals surface area contributed by atoms with E-state index >= 15 is 0 Å². The third kappa shape index (κ3) is 1.54. The molecule has 1 aromatic carbocycles. The van der Waals surface area contributed by atoms with Crippen molar-refractivity contribution in [3.63, 3.8) is 0 Å². The number of urea groups is 1. The second-order valence-corrected chi connectivity index (χ2v) is 3.97. The molecule has 0 spiro atoms. The van der Waals surface area contributed by atoms with Crippen LogP contribution in [0.4, 0.5) is 10.5 Å². The van der Waals surface area contributed by atoms with E-state index < -0.39 is 0 Å². The first-order chi connectivity index (χ1) is 6.16. The number of halogens is 1. The highest BCUT2D eigenvalue weighted by Crippen LogP contribution is 2.29. The fourth-order valence-corrected chi connectivity index (χ4v) is 1.82. The van der Waals surface area contributed by atoms with Crippen molar-refractivity contribution in [3.05, 3.63) is 28.2 Å². The summed E-state index contributed by atoms with van der Waals surface area (Å²) in [6.07, 6.45) is 0. The summed E-state index contributed by atoms with van der Waals surface area (Å²) in [5, 5.41) is 5.54. The van der Waals surface area contributed by atoms with Crippen molar-refractivity contribution in [3.8, 4) is 0 Å². The molecule has 3 nitrogen and oxygen atoms in total. The Hall–Kier alpha value is -1.03. The van der Waals surface area contributed by atoms with Crippen LogP contribution in [0.25, 0.3) is 0 Å². The molecule has 68 valence electrons. The Morgan fingerprint density at radius 2 is 2.23 bits per heavy atom. The van der Waals surface area contributed by atoms with Gasteiger partial charge in [-0.25, -0.2) is 4.79 Å². The van der Waals surface area contributed by atoms with E-state index in [1.165, 1.54) is 0 Å². The average molecular weight is 241 g/mol. The number of carbonyl (C=O) groups excluding carboxylic acids is 1.